The monoisotopic (exact) mass is 1180 g/mol. The van der Waals surface area contributed by atoms with Gasteiger partial charge in [-0.15, -0.1) is 0 Å². The van der Waals surface area contributed by atoms with Gasteiger partial charge in [-0.3, -0.25) is 9.59 Å². The van der Waals surface area contributed by atoms with Crippen LogP contribution >= 0.6 is 0 Å². The largest absolute Gasteiger partial charge is 0.309 e. The van der Waals surface area contributed by atoms with Gasteiger partial charge < -0.3 is 18.3 Å². The van der Waals surface area contributed by atoms with Gasteiger partial charge in [0.15, 0.2) is 0 Å². The Morgan fingerprint density at radius 2 is 0.348 bits per heavy atom. The van der Waals surface area contributed by atoms with Crippen LogP contribution in [0.25, 0.3) is 110 Å². The summed E-state index contributed by atoms with van der Waals surface area (Å²) >= 11 is 0. The van der Waals surface area contributed by atoms with Crippen LogP contribution in [0.4, 0.5) is 0 Å². The highest BCUT2D eigenvalue weighted by atomic mass is 16.1. The van der Waals surface area contributed by atoms with E-state index in [-0.39, 0.29) is 22.8 Å². The van der Waals surface area contributed by atoms with Gasteiger partial charge >= 0.3 is 0 Å². The van der Waals surface area contributed by atoms with Gasteiger partial charge in [0.1, 0.15) is 22.8 Å². The van der Waals surface area contributed by atoms with Gasteiger partial charge in [0.05, 0.1) is 44.1 Å². The minimum atomic E-state index is -0.608. The second-order valence-corrected chi connectivity index (χ2v) is 22.9. The van der Waals surface area contributed by atoms with Gasteiger partial charge in [-0.2, -0.15) is 0 Å². The summed E-state index contributed by atoms with van der Waals surface area (Å²) in [7, 11) is 0. The van der Waals surface area contributed by atoms with Crippen LogP contribution < -0.4 is 0 Å². The van der Waals surface area contributed by atoms with Crippen molar-refractivity contribution in [3.63, 3.8) is 0 Å². The van der Waals surface area contributed by atoms with E-state index < -0.39 is 11.6 Å². The number of hydrogen-bond donors (Lipinski definition) is 0. The SMILES string of the molecule is O=C1C(N=Cc2ccc(-n3c4ccccc4c4ccccc43)cc2)=C(N=Cc2ccc(-n3c4ccccc4c4ccccc43)cc2)C(=O)C(N=Cc2ccc(-n3c4ccccc4c4ccccc43)cc2)=C1N=Cc1ccc(-n2c3ccccc3c3ccccc32)cc1. The maximum atomic E-state index is 15.6. The first-order chi connectivity index (χ1) is 45.5. The Balaban J connectivity index is 0.770. The summed E-state index contributed by atoms with van der Waals surface area (Å²) in [6.45, 7) is 0. The van der Waals surface area contributed by atoms with Crippen LogP contribution in [0.1, 0.15) is 22.3 Å². The second-order valence-electron chi connectivity index (χ2n) is 22.9. The zero-order chi connectivity index (χ0) is 61.2. The molecule has 0 N–H and O–H groups in total. The Bertz CT molecular complexity index is 4950. The van der Waals surface area contributed by atoms with Gasteiger partial charge in [-0.1, -0.05) is 194 Å². The molecule has 1 aliphatic carbocycles. The smallest absolute Gasteiger partial charge is 0.234 e. The van der Waals surface area contributed by atoms with E-state index in [1.165, 1.54) is 0 Å². The molecule has 0 radical (unpaired) electrons. The number of rotatable bonds is 12. The lowest BCUT2D eigenvalue weighted by Gasteiger charge is -2.15. The van der Waals surface area contributed by atoms with E-state index in [0.717, 1.165) is 110 Å². The molecule has 432 valence electrons. The predicted molar refractivity (Wildman–Crippen MR) is 378 cm³/mol. The Morgan fingerprint density at radius 3 is 0.511 bits per heavy atom. The standard InChI is InChI=1S/C82H52N8O2/c91-81-77(83-49-53-33-41-57(42-34-53)87-69-25-9-1-17-61(69)62-18-2-10-26-70(62)87)78(84-50-54-35-43-58(44-36-54)88-71-27-11-3-19-63(71)64-20-4-12-28-72(64)88)82(92)80(86-52-56-39-47-60(48-40-56)90-75-31-15-7-23-67(75)68-24-8-16-32-76(68)90)79(81)85-51-55-37-45-59(46-38-55)89-73-29-13-5-21-65(73)66-22-6-14-30-74(66)89/h1-52H. The normalized spacial score (nSPS) is 13.4. The Morgan fingerprint density at radius 1 is 0.196 bits per heavy atom. The van der Waals surface area contributed by atoms with Crippen LogP contribution in [0.15, 0.2) is 334 Å². The van der Waals surface area contributed by atoms with Crippen molar-refractivity contribution >= 4 is 124 Å². The van der Waals surface area contributed by atoms with Gasteiger partial charge in [-0.05, 0) is 119 Å². The van der Waals surface area contributed by atoms with E-state index in [4.69, 9.17) is 20.0 Å². The molecule has 0 unspecified atom stereocenters. The average Bonchev–Trinajstić information content (AvgIpc) is 1.67. The number of Topliss-reactive ketones (excluding diaryl/α,β-unsaturated/α-hetero) is 2. The highest BCUT2D eigenvalue weighted by Crippen LogP contribution is 2.37. The summed E-state index contributed by atoms with van der Waals surface area (Å²) in [5.41, 5.74) is 14.7. The molecule has 92 heavy (non-hydrogen) atoms. The quantitative estimate of drug-likeness (QED) is 0.0898. The summed E-state index contributed by atoms with van der Waals surface area (Å²) in [6, 6.07) is 99.0. The molecule has 0 fully saturated rings. The molecule has 16 aromatic rings. The summed E-state index contributed by atoms with van der Waals surface area (Å²) in [5, 5.41) is 9.28. The fraction of sp³-hybridized carbons (Fsp3) is 0. The molecule has 10 nitrogen and oxygen atoms in total. The number of ketones is 2. The Hall–Kier alpha value is -12.7. The first-order valence-electron chi connectivity index (χ1n) is 30.6. The molecule has 0 saturated heterocycles. The Labute approximate surface area is 527 Å². The third-order valence-corrected chi connectivity index (χ3v) is 17.6. The molecule has 0 spiro atoms. The van der Waals surface area contributed by atoms with E-state index in [0.29, 0.717) is 22.3 Å². The van der Waals surface area contributed by atoms with Crippen molar-refractivity contribution in [3.05, 3.63) is 336 Å². The molecule has 0 bridgehead atoms. The number of benzene rings is 12. The molecule has 1 aliphatic rings. The summed E-state index contributed by atoms with van der Waals surface area (Å²) in [4.78, 5) is 50.8. The number of para-hydroxylation sites is 8. The first-order valence-corrected chi connectivity index (χ1v) is 30.6. The van der Waals surface area contributed by atoms with Crippen molar-refractivity contribution in [1.82, 2.24) is 18.3 Å². The molecular weight excluding hydrogens is 1130 g/mol. The van der Waals surface area contributed by atoms with Gasteiger partial charge in [0.2, 0.25) is 11.6 Å². The maximum Gasteiger partial charge on any atom is 0.234 e. The summed E-state index contributed by atoms with van der Waals surface area (Å²) < 4.78 is 8.98. The average molecular weight is 1180 g/mol. The van der Waals surface area contributed by atoms with Crippen LogP contribution in [0.2, 0.25) is 0 Å². The topological polar surface area (TPSA) is 103 Å². The number of aromatic nitrogens is 4. The maximum absolute atomic E-state index is 15.6. The van der Waals surface area contributed by atoms with Crippen LogP contribution in [0, 0.1) is 0 Å². The number of fused-ring (bicyclic) bond motifs is 12. The number of carbonyl (C=O) groups is 2. The molecule has 0 amide bonds. The van der Waals surface area contributed by atoms with Crippen molar-refractivity contribution in [2.24, 2.45) is 20.0 Å². The van der Waals surface area contributed by atoms with Crippen molar-refractivity contribution in [2.75, 3.05) is 0 Å². The first kappa shape index (κ1) is 53.6. The van der Waals surface area contributed by atoms with E-state index in [1.54, 1.807) is 24.9 Å². The minimum absolute atomic E-state index is 0.164. The Kier molecular flexibility index (Phi) is 12.9. The molecule has 0 saturated carbocycles. The number of carbonyl (C=O) groups excluding carboxylic acids is 2. The molecule has 0 aliphatic heterocycles. The molecule has 0 atom stereocenters. The third-order valence-electron chi connectivity index (χ3n) is 17.6. The predicted octanol–water partition coefficient (Wildman–Crippen LogP) is 18.4. The third kappa shape index (κ3) is 9.04. The molecule has 4 heterocycles. The lowest BCUT2D eigenvalue weighted by Crippen LogP contribution is -2.22. The van der Waals surface area contributed by atoms with Crippen molar-refractivity contribution in [2.45, 2.75) is 0 Å². The van der Waals surface area contributed by atoms with Crippen molar-refractivity contribution in [3.8, 4) is 22.7 Å². The van der Waals surface area contributed by atoms with Crippen LogP contribution in [0.3, 0.4) is 0 Å². The van der Waals surface area contributed by atoms with Crippen LogP contribution in [-0.2, 0) is 9.59 Å². The summed E-state index contributed by atoms with van der Waals surface area (Å²) in [6.07, 6.45) is 6.42. The zero-order valence-electron chi connectivity index (χ0n) is 49.4. The van der Waals surface area contributed by atoms with E-state index >= 15 is 9.59 Å². The number of hydrogen-bond acceptors (Lipinski definition) is 6. The zero-order valence-corrected chi connectivity index (χ0v) is 49.4. The number of aliphatic imine (C=N–C) groups is 4. The second kappa shape index (κ2) is 22.2. The summed E-state index contributed by atoms with van der Waals surface area (Å²) in [5.74, 6) is -1.22. The molecule has 17 rings (SSSR count). The van der Waals surface area contributed by atoms with Crippen LogP contribution in [-0.4, -0.2) is 54.7 Å². The fourth-order valence-corrected chi connectivity index (χ4v) is 13.3. The van der Waals surface area contributed by atoms with E-state index in [2.05, 4.69) is 212 Å². The van der Waals surface area contributed by atoms with Gasteiger partial charge in [-0.25, -0.2) is 20.0 Å². The molecule has 12 aromatic carbocycles. The fourth-order valence-electron chi connectivity index (χ4n) is 13.3. The van der Waals surface area contributed by atoms with Gasteiger partial charge in [0, 0.05) is 90.7 Å². The lowest BCUT2D eigenvalue weighted by atomic mass is 9.99. The highest BCUT2D eigenvalue weighted by Gasteiger charge is 2.35. The molecule has 4 aromatic heterocycles. The molecule has 10 heteroatoms. The number of nitrogens with zero attached hydrogens (tertiary/aromatic N) is 8. The molecular formula is C82H52N8O2. The highest BCUT2D eigenvalue weighted by molar-refractivity contribution is 6.26. The van der Waals surface area contributed by atoms with Crippen molar-refractivity contribution in [1.29, 1.82) is 0 Å². The van der Waals surface area contributed by atoms with E-state index in [1.807, 2.05) is 97.1 Å². The van der Waals surface area contributed by atoms with Gasteiger partial charge in [0.25, 0.3) is 0 Å². The van der Waals surface area contributed by atoms with Crippen molar-refractivity contribution < 1.29 is 9.59 Å². The minimum Gasteiger partial charge on any atom is -0.309 e. The van der Waals surface area contributed by atoms with Crippen LogP contribution in [0.5, 0.6) is 0 Å². The lowest BCUT2D eigenvalue weighted by molar-refractivity contribution is -0.116. The van der Waals surface area contributed by atoms with E-state index in [9.17, 15) is 0 Å².